The minimum atomic E-state index is -1.05. The van der Waals surface area contributed by atoms with E-state index in [1.807, 2.05) is 32.0 Å². The molecule has 0 radical (unpaired) electrons. The molecule has 4 heteroatoms. The zero-order valence-corrected chi connectivity index (χ0v) is 10.3. The molecule has 0 saturated carbocycles. The van der Waals surface area contributed by atoms with Gasteiger partial charge >= 0.3 is 5.97 Å². The molecule has 1 aromatic rings. The summed E-state index contributed by atoms with van der Waals surface area (Å²) in [4.78, 5) is 15.4. The molecule has 1 aromatic heterocycles. The largest absolute Gasteiger partial charge is 0.479 e. The smallest absolute Gasteiger partial charge is 0.335 e. The highest BCUT2D eigenvalue weighted by Gasteiger charge is 2.35. The van der Waals surface area contributed by atoms with E-state index >= 15 is 0 Å². The normalized spacial score (nSPS) is 11.4. The first-order valence-corrected chi connectivity index (χ1v) is 5.92. The number of hydrogen-bond donors (Lipinski definition) is 1. The zero-order valence-electron chi connectivity index (χ0n) is 10.3. The average Bonchev–Trinajstić information content (AvgIpc) is 2.36. The second-order valence-electron chi connectivity index (χ2n) is 3.93. The van der Waals surface area contributed by atoms with Crippen LogP contribution in [0.4, 0.5) is 0 Å². The molecule has 0 amide bonds. The van der Waals surface area contributed by atoms with Crippen LogP contribution in [0.1, 0.15) is 32.4 Å². The minimum absolute atomic E-state index is 0.380. The summed E-state index contributed by atoms with van der Waals surface area (Å²) < 4.78 is 5.55. The lowest BCUT2D eigenvalue weighted by atomic mass is 9.97. The quantitative estimate of drug-likeness (QED) is 0.790. The lowest BCUT2D eigenvalue weighted by Crippen LogP contribution is -2.40. The molecule has 0 atom stereocenters. The van der Waals surface area contributed by atoms with Gasteiger partial charge in [0, 0.05) is 18.3 Å². The van der Waals surface area contributed by atoms with Gasteiger partial charge < -0.3 is 9.84 Å². The van der Waals surface area contributed by atoms with Crippen LogP contribution in [0.5, 0.6) is 0 Å². The van der Waals surface area contributed by atoms with Crippen molar-refractivity contribution in [3.63, 3.8) is 0 Å². The maximum absolute atomic E-state index is 11.2. The molecule has 0 bridgehead atoms. The van der Waals surface area contributed by atoms with Crippen LogP contribution in [0, 0.1) is 0 Å². The predicted molar refractivity (Wildman–Crippen MR) is 64.8 cm³/mol. The van der Waals surface area contributed by atoms with Crippen LogP contribution in [0.2, 0.25) is 0 Å². The summed E-state index contributed by atoms with van der Waals surface area (Å²) in [5, 5.41) is 9.18. The summed E-state index contributed by atoms with van der Waals surface area (Å²) in [6.45, 7) is 4.04. The Morgan fingerprint density at radius 2 is 2.12 bits per heavy atom. The fraction of sp³-hybridized carbons (Fsp3) is 0.538. The molecule has 4 nitrogen and oxygen atoms in total. The van der Waals surface area contributed by atoms with Gasteiger partial charge in [-0.1, -0.05) is 19.9 Å². The van der Waals surface area contributed by atoms with Gasteiger partial charge in [-0.25, -0.2) is 4.79 Å². The van der Waals surface area contributed by atoms with E-state index in [1.54, 1.807) is 6.20 Å². The SMILES string of the molecule is CCC(CC)(OCCc1ccccn1)C(=O)O. The van der Waals surface area contributed by atoms with Crippen molar-refractivity contribution in [1.82, 2.24) is 4.98 Å². The van der Waals surface area contributed by atoms with Gasteiger partial charge in [-0.3, -0.25) is 4.98 Å². The second kappa shape index (κ2) is 6.35. The molecule has 0 saturated heterocycles. The standard InChI is InChI=1S/C13H19NO3/c1-3-13(4-2,12(15)16)17-10-8-11-7-5-6-9-14-11/h5-7,9H,3-4,8,10H2,1-2H3,(H,15,16). The number of rotatable bonds is 7. The van der Waals surface area contributed by atoms with E-state index in [4.69, 9.17) is 4.74 Å². The Balaban J connectivity index is 2.51. The number of carboxylic acid groups (broad SMARTS) is 1. The summed E-state index contributed by atoms with van der Waals surface area (Å²) in [5.41, 5.74) is -0.131. The first-order chi connectivity index (χ1) is 8.14. The Hall–Kier alpha value is -1.42. The number of nitrogens with zero attached hydrogens (tertiary/aromatic N) is 1. The first kappa shape index (κ1) is 13.6. The fourth-order valence-electron chi connectivity index (χ4n) is 1.72. The fourth-order valence-corrected chi connectivity index (χ4v) is 1.72. The van der Waals surface area contributed by atoms with Crippen molar-refractivity contribution in [3.05, 3.63) is 30.1 Å². The first-order valence-electron chi connectivity index (χ1n) is 5.92. The van der Waals surface area contributed by atoms with Crippen LogP contribution in [0.3, 0.4) is 0 Å². The molecule has 0 spiro atoms. The van der Waals surface area contributed by atoms with Crippen molar-refractivity contribution in [2.24, 2.45) is 0 Å². The van der Waals surface area contributed by atoms with Crippen molar-refractivity contribution in [3.8, 4) is 0 Å². The molecular weight excluding hydrogens is 218 g/mol. The number of carboxylic acids is 1. The summed E-state index contributed by atoms with van der Waals surface area (Å²) in [6.07, 6.45) is 3.30. The third kappa shape index (κ3) is 3.53. The highest BCUT2D eigenvalue weighted by molar-refractivity contribution is 5.77. The lowest BCUT2D eigenvalue weighted by Gasteiger charge is -2.26. The number of pyridine rings is 1. The number of hydrogen-bond acceptors (Lipinski definition) is 3. The third-order valence-electron chi connectivity index (χ3n) is 2.99. The summed E-state index contributed by atoms with van der Waals surface area (Å²) in [6, 6.07) is 5.67. The molecule has 0 aliphatic heterocycles. The van der Waals surface area contributed by atoms with Gasteiger partial charge in [-0.05, 0) is 25.0 Å². The van der Waals surface area contributed by atoms with Crippen molar-refractivity contribution in [2.45, 2.75) is 38.7 Å². The molecule has 0 aliphatic rings. The van der Waals surface area contributed by atoms with Gasteiger partial charge in [0.05, 0.1) is 6.61 Å². The van der Waals surface area contributed by atoms with Crippen LogP contribution >= 0.6 is 0 Å². The van der Waals surface area contributed by atoms with E-state index in [9.17, 15) is 9.90 Å². The molecule has 1 rings (SSSR count). The lowest BCUT2D eigenvalue weighted by molar-refractivity contribution is -0.167. The van der Waals surface area contributed by atoms with E-state index in [1.165, 1.54) is 0 Å². The summed E-state index contributed by atoms with van der Waals surface area (Å²) in [5.74, 6) is -0.886. The van der Waals surface area contributed by atoms with Gasteiger partial charge in [0.2, 0.25) is 0 Å². The van der Waals surface area contributed by atoms with Crippen LogP contribution in [0.15, 0.2) is 24.4 Å². The maximum Gasteiger partial charge on any atom is 0.335 e. The van der Waals surface area contributed by atoms with E-state index in [2.05, 4.69) is 4.98 Å². The Labute approximate surface area is 102 Å². The van der Waals surface area contributed by atoms with Crippen molar-refractivity contribution >= 4 is 5.97 Å². The molecule has 0 aromatic carbocycles. The summed E-state index contributed by atoms with van der Waals surface area (Å²) in [7, 11) is 0. The molecule has 1 N–H and O–H groups in total. The zero-order chi connectivity index (χ0) is 12.7. The van der Waals surface area contributed by atoms with Gasteiger partial charge in [0.25, 0.3) is 0 Å². The van der Waals surface area contributed by atoms with Crippen LogP contribution < -0.4 is 0 Å². The van der Waals surface area contributed by atoms with Crippen LogP contribution in [-0.4, -0.2) is 28.3 Å². The van der Waals surface area contributed by atoms with E-state index in [-0.39, 0.29) is 0 Å². The Morgan fingerprint density at radius 3 is 2.59 bits per heavy atom. The average molecular weight is 237 g/mol. The van der Waals surface area contributed by atoms with Crippen LogP contribution in [-0.2, 0) is 16.0 Å². The van der Waals surface area contributed by atoms with Crippen molar-refractivity contribution in [1.29, 1.82) is 0 Å². The number of aliphatic carboxylic acids is 1. The van der Waals surface area contributed by atoms with Gasteiger partial charge in [0.1, 0.15) is 0 Å². The highest BCUT2D eigenvalue weighted by atomic mass is 16.5. The molecule has 0 aliphatic carbocycles. The Bertz CT molecular complexity index is 347. The number of carbonyl (C=O) groups is 1. The molecule has 17 heavy (non-hydrogen) atoms. The Kier molecular flexibility index (Phi) is 5.10. The van der Waals surface area contributed by atoms with Crippen molar-refractivity contribution < 1.29 is 14.6 Å². The number of ether oxygens (including phenoxy) is 1. The predicted octanol–water partition coefficient (Wildman–Crippen LogP) is 2.28. The Morgan fingerprint density at radius 1 is 1.41 bits per heavy atom. The van der Waals surface area contributed by atoms with Crippen LogP contribution in [0.25, 0.3) is 0 Å². The topological polar surface area (TPSA) is 59.4 Å². The molecule has 94 valence electrons. The minimum Gasteiger partial charge on any atom is -0.479 e. The second-order valence-corrected chi connectivity index (χ2v) is 3.93. The molecular formula is C13H19NO3. The van der Waals surface area contributed by atoms with E-state index in [0.29, 0.717) is 25.9 Å². The molecule has 0 unspecified atom stereocenters. The van der Waals surface area contributed by atoms with E-state index < -0.39 is 11.6 Å². The highest BCUT2D eigenvalue weighted by Crippen LogP contribution is 2.21. The monoisotopic (exact) mass is 237 g/mol. The van der Waals surface area contributed by atoms with Gasteiger partial charge in [0.15, 0.2) is 5.60 Å². The third-order valence-corrected chi connectivity index (χ3v) is 2.99. The maximum atomic E-state index is 11.2. The molecule has 0 fully saturated rings. The van der Waals surface area contributed by atoms with Gasteiger partial charge in [-0.15, -0.1) is 0 Å². The summed E-state index contributed by atoms with van der Waals surface area (Å²) >= 11 is 0. The molecule has 1 heterocycles. The van der Waals surface area contributed by atoms with Crippen molar-refractivity contribution in [2.75, 3.05) is 6.61 Å². The van der Waals surface area contributed by atoms with Gasteiger partial charge in [-0.2, -0.15) is 0 Å². The van der Waals surface area contributed by atoms with E-state index in [0.717, 1.165) is 5.69 Å². The number of aromatic nitrogens is 1.